The summed E-state index contributed by atoms with van der Waals surface area (Å²) < 4.78 is 8.02. The lowest BCUT2D eigenvalue weighted by Gasteiger charge is -2.36. The van der Waals surface area contributed by atoms with E-state index < -0.39 is 0 Å². The SMILES string of the molecule is CCCn1nccc1C(NC)C1(OC)CCCC1. The lowest BCUT2D eigenvalue weighted by atomic mass is 9.89. The molecule has 1 unspecified atom stereocenters. The Morgan fingerprint density at radius 3 is 2.78 bits per heavy atom. The van der Waals surface area contributed by atoms with Gasteiger partial charge in [0.2, 0.25) is 0 Å². The zero-order valence-electron chi connectivity index (χ0n) is 11.8. The Balaban J connectivity index is 2.29. The van der Waals surface area contributed by atoms with Crippen molar-refractivity contribution in [1.29, 1.82) is 0 Å². The maximum Gasteiger partial charge on any atom is 0.0887 e. The second-order valence-electron chi connectivity index (χ2n) is 5.18. The quantitative estimate of drug-likeness (QED) is 0.844. The molecule has 0 radical (unpaired) electrons. The average Bonchev–Trinajstić information content (AvgIpc) is 3.02. The third-order valence-electron chi connectivity index (χ3n) is 4.15. The van der Waals surface area contributed by atoms with E-state index in [0.29, 0.717) is 0 Å². The predicted molar refractivity (Wildman–Crippen MR) is 72.5 cm³/mol. The molecule has 18 heavy (non-hydrogen) atoms. The van der Waals surface area contributed by atoms with E-state index in [-0.39, 0.29) is 11.6 Å². The highest BCUT2D eigenvalue weighted by atomic mass is 16.5. The third kappa shape index (κ3) is 2.31. The van der Waals surface area contributed by atoms with Crippen LogP contribution in [-0.2, 0) is 11.3 Å². The Hall–Kier alpha value is -0.870. The van der Waals surface area contributed by atoms with Crippen LogP contribution in [0.1, 0.15) is 50.8 Å². The van der Waals surface area contributed by atoms with Crippen molar-refractivity contribution in [3.05, 3.63) is 18.0 Å². The van der Waals surface area contributed by atoms with Crippen LogP contribution in [0.2, 0.25) is 0 Å². The molecule has 1 atom stereocenters. The van der Waals surface area contributed by atoms with Gasteiger partial charge in [-0.3, -0.25) is 4.68 Å². The van der Waals surface area contributed by atoms with E-state index in [1.807, 2.05) is 20.4 Å². The van der Waals surface area contributed by atoms with Gasteiger partial charge in [0.1, 0.15) is 0 Å². The normalized spacial score (nSPS) is 20.2. The van der Waals surface area contributed by atoms with E-state index in [0.717, 1.165) is 25.8 Å². The summed E-state index contributed by atoms with van der Waals surface area (Å²) in [6.45, 7) is 3.15. The van der Waals surface area contributed by atoms with Crippen molar-refractivity contribution in [2.75, 3.05) is 14.2 Å². The lowest BCUT2D eigenvalue weighted by molar-refractivity contribution is -0.0371. The molecule has 1 aliphatic carbocycles. The van der Waals surface area contributed by atoms with Gasteiger partial charge in [0, 0.05) is 19.9 Å². The molecular weight excluding hydrogens is 226 g/mol. The molecule has 0 bridgehead atoms. The van der Waals surface area contributed by atoms with E-state index in [9.17, 15) is 0 Å². The molecule has 2 rings (SSSR count). The van der Waals surface area contributed by atoms with Gasteiger partial charge in [0.05, 0.1) is 17.3 Å². The van der Waals surface area contributed by atoms with Crippen LogP contribution in [0.15, 0.2) is 12.3 Å². The zero-order valence-corrected chi connectivity index (χ0v) is 11.8. The first-order chi connectivity index (χ1) is 8.77. The molecule has 4 nitrogen and oxygen atoms in total. The molecular formula is C14H25N3O. The molecule has 1 aromatic rings. The monoisotopic (exact) mass is 251 g/mol. The van der Waals surface area contributed by atoms with Crippen LogP contribution in [0.25, 0.3) is 0 Å². The lowest BCUT2D eigenvalue weighted by Crippen LogP contribution is -2.43. The summed E-state index contributed by atoms with van der Waals surface area (Å²) in [6, 6.07) is 2.36. The fourth-order valence-corrected chi connectivity index (χ4v) is 3.25. The highest BCUT2D eigenvalue weighted by Gasteiger charge is 2.42. The van der Waals surface area contributed by atoms with Gasteiger partial charge >= 0.3 is 0 Å². The smallest absolute Gasteiger partial charge is 0.0887 e. The van der Waals surface area contributed by atoms with Gasteiger partial charge in [0.25, 0.3) is 0 Å². The van der Waals surface area contributed by atoms with Crippen molar-refractivity contribution in [3.63, 3.8) is 0 Å². The minimum atomic E-state index is -0.0553. The maximum atomic E-state index is 5.91. The molecule has 0 aromatic carbocycles. The molecule has 1 saturated carbocycles. The molecule has 102 valence electrons. The number of ether oxygens (including phenoxy) is 1. The Morgan fingerprint density at radius 1 is 1.50 bits per heavy atom. The molecule has 0 spiro atoms. The van der Waals surface area contributed by atoms with Crippen LogP contribution in [0.4, 0.5) is 0 Å². The Bertz CT molecular complexity index is 369. The minimum Gasteiger partial charge on any atom is -0.376 e. The molecule has 1 N–H and O–H groups in total. The summed E-state index contributed by atoms with van der Waals surface area (Å²) in [5, 5.41) is 7.88. The summed E-state index contributed by atoms with van der Waals surface area (Å²) in [4.78, 5) is 0. The zero-order chi connectivity index (χ0) is 13.0. The second-order valence-corrected chi connectivity index (χ2v) is 5.18. The van der Waals surface area contributed by atoms with Crippen LogP contribution >= 0.6 is 0 Å². The van der Waals surface area contributed by atoms with Crippen LogP contribution in [-0.4, -0.2) is 29.5 Å². The first kappa shape index (κ1) is 13.6. The van der Waals surface area contributed by atoms with Gasteiger partial charge < -0.3 is 10.1 Å². The number of aromatic nitrogens is 2. The van der Waals surface area contributed by atoms with Crippen molar-refractivity contribution < 1.29 is 4.74 Å². The summed E-state index contributed by atoms with van der Waals surface area (Å²) in [6.07, 6.45) is 7.78. The van der Waals surface area contributed by atoms with Gasteiger partial charge in [-0.15, -0.1) is 0 Å². The van der Waals surface area contributed by atoms with Crippen LogP contribution in [0, 0.1) is 0 Å². The fourth-order valence-electron chi connectivity index (χ4n) is 3.25. The Kier molecular flexibility index (Phi) is 4.40. The Morgan fingerprint density at radius 2 is 2.22 bits per heavy atom. The molecule has 0 aliphatic heterocycles. The largest absolute Gasteiger partial charge is 0.376 e. The highest BCUT2D eigenvalue weighted by Crippen LogP contribution is 2.42. The predicted octanol–water partition coefficient (Wildman–Crippen LogP) is 2.51. The molecule has 1 aromatic heterocycles. The van der Waals surface area contributed by atoms with Gasteiger partial charge in [-0.05, 0) is 32.4 Å². The van der Waals surface area contributed by atoms with Gasteiger partial charge in [-0.25, -0.2) is 0 Å². The molecule has 4 heteroatoms. The van der Waals surface area contributed by atoms with Crippen LogP contribution in [0.3, 0.4) is 0 Å². The number of rotatable bonds is 6. The molecule has 0 saturated heterocycles. The average molecular weight is 251 g/mol. The topological polar surface area (TPSA) is 39.1 Å². The third-order valence-corrected chi connectivity index (χ3v) is 4.15. The number of nitrogens with one attached hydrogen (secondary N) is 1. The van der Waals surface area contributed by atoms with E-state index >= 15 is 0 Å². The number of hydrogen-bond donors (Lipinski definition) is 1. The number of hydrogen-bond acceptors (Lipinski definition) is 3. The van der Waals surface area contributed by atoms with Crippen molar-refractivity contribution in [1.82, 2.24) is 15.1 Å². The van der Waals surface area contributed by atoms with Gasteiger partial charge in [0.15, 0.2) is 0 Å². The number of likely N-dealkylation sites (N-methyl/N-ethyl adjacent to an activating group) is 1. The molecule has 1 aliphatic rings. The summed E-state index contributed by atoms with van der Waals surface area (Å²) >= 11 is 0. The minimum absolute atomic E-state index is 0.0553. The van der Waals surface area contributed by atoms with E-state index in [2.05, 4.69) is 28.1 Å². The molecule has 1 heterocycles. The van der Waals surface area contributed by atoms with E-state index in [4.69, 9.17) is 4.74 Å². The first-order valence-electron chi connectivity index (χ1n) is 7.01. The van der Waals surface area contributed by atoms with Crippen LogP contribution in [0.5, 0.6) is 0 Å². The van der Waals surface area contributed by atoms with Crippen molar-refractivity contribution >= 4 is 0 Å². The van der Waals surface area contributed by atoms with E-state index in [1.165, 1.54) is 18.5 Å². The second kappa shape index (κ2) is 5.85. The van der Waals surface area contributed by atoms with Gasteiger partial charge in [-0.2, -0.15) is 5.10 Å². The van der Waals surface area contributed by atoms with Gasteiger partial charge in [-0.1, -0.05) is 19.8 Å². The number of nitrogens with zero attached hydrogens (tertiary/aromatic N) is 2. The Labute approximate surface area is 110 Å². The molecule has 1 fully saturated rings. The summed E-state index contributed by atoms with van der Waals surface area (Å²) in [5.74, 6) is 0. The molecule has 0 amide bonds. The van der Waals surface area contributed by atoms with Crippen molar-refractivity contribution in [2.45, 2.75) is 57.2 Å². The standard InChI is InChI=1S/C14H25N3O/c1-4-11-17-12(7-10-16-17)13(15-2)14(18-3)8-5-6-9-14/h7,10,13,15H,4-6,8-9,11H2,1-3H3. The number of aryl methyl sites for hydroxylation is 1. The van der Waals surface area contributed by atoms with E-state index in [1.54, 1.807) is 0 Å². The summed E-state index contributed by atoms with van der Waals surface area (Å²) in [7, 11) is 3.86. The number of methoxy groups -OCH3 is 1. The van der Waals surface area contributed by atoms with Crippen molar-refractivity contribution in [2.24, 2.45) is 0 Å². The summed E-state index contributed by atoms with van der Waals surface area (Å²) in [5.41, 5.74) is 1.20. The fraction of sp³-hybridized carbons (Fsp3) is 0.786. The van der Waals surface area contributed by atoms with Crippen LogP contribution < -0.4 is 5.32 Å². The maximum absolute atomic E-state index is 5.91. The van der Waals surface area contributed by atoms with Crippen molar-refractivity contribution in [3.8, 4) is 0 Å². The first-order valence-corrected chi connectivity index (χ1v) is 7.01. The highest BCUT2D eigenvalue weighted by molar-refractivity contribution is 5.14.